The van der Waals surface area contributed by atoms with Gasteiger partial charge < -0.3 is 15.2 Å². The van der Waals surface area contributed by atoms with E-state index in [1.54, 1.807) is 0 Å². The maximum atomic E-state index is 11.3. The lowest BCUT2D eigenvalue weighted by Gasteiger charge is -2.03. The number of hydrogen-bond donors (Lipinski definition) is 2. The summed E-state index contributed by atoms with van der Waals surface area (Å²) < 4.78 is 4.54. The van der Waals surface area contributed by atoms with E-state index < -0.39 is 0 Å². The predicted octanol–water partition coefficient (Wildman–Crippen LogP) is -0.315. The lowest BCUT2D eigenvalue weighted by molar-refractivity contribution is -0.120. The average molecular weight is 210 g/mol. The van der Waals surface area contributed by atoms with E-state index in [0.29, 0.717) is 18.9 Å². The number of nitrogens with one attached hydrogen (secondary N) is 2. The van der Waals surface area contributed by atoms with Crippen molar-refractivity contribution in [2.45, 2.75) is 19.4 Å². The average Bonchev–Trinajstić information content (AvgIpc) is 2.91. The third kappa shape index (κ3) is 3.67. The van der Waals surface area contributed by atoms with Gasteiger partial charge in [-0.15, -0.1) is 0 Å². The highest BCUT2D eigenvalue weighted by Gasteiger charge is 2.20. The number of nitrogens with zero attached hydrogens (tertiary/aromatic N) is 2. The second-order valence-corrected chi connectivity index (χ2v) is 3.70. The maximum Gasteiger partial charge on any atom is 0.234 e. The topological polar surface area (TPSA) is 80.0 Å². The van der Waals surface area contributed by atoms with Gasteiger partial charge >= 0.3 is 0 Å². The third-order valence-corrected chi connectivity index (χ3v) is 2.27. The SMILES string of the molecule is O=C(CNCC1CC1)NCc1ncon1. The molecule has 1 heterocycles. The molecule has 6 heteroatoms. The molecule has 1 aromatic rings. The van der Waals surface area contributed by atoms with E-state index in [2.05, 4.69) is 25.3 Å². The molecule has 1 fully saturated rings. The van der Waals surface area contributed by atoms with Crippen LogP contribution in [-0.4, -0.2) is 29.1 Å². The van der Waals surface area contributed by atoms with Gasteiger partial charge in [0.2, 0.25) is 12.3 Å². The minimum Gasteiger partial charge on any atom is -0.348 e. The number of carbonyl (C=O) groups excluding carboxylic acids is 1. The zero-order chi connectivity index (χ0) is 10.5. The molecule has 0 spiro atoms. The van der Waals surface area contributed by atoms with Crippen molar-refractivity contribution in [3.63, 3.8) is 0 Å². The molecule has 0 aliphatic heterocycles. The van der Waals surface area contributed by atoms with Crippen molar-refractivity contribution in [2.24, 2.45) is 5.92 Å². The first-order chi connectivity index (χ1) is 7.34. The number of carbonyl (C=O) groups is 1. The molecule has 2 N–H and O–H groups in total. The van der Waals surface area contributed by atoms with Gasteiger partial charge in [-0.3, -0.25) is 4.79 Å². The highest BCUT2D eigenvalue weighted by molar-refractivity contribution is 5.77. The Bertz CT molecular complexity index is 308. The summed E-state index contributed by atoms with van der Waals surface area (Å²) in [5.74, 6) is 1.24. The van der Waals surface area contributed by atoms with Crippen molar-refractivity contribution in [2.75, 3.05) is 13.1 Å². The normalized spacial score (nSPS) is 15.2. The molecule has 0 atom stereocenters. The van der Waals surface area contributed by atoms with Crippen molar-refractivity contribution < 1.29 is 9.32 Å². The smallest absolute Gasteiger partial charge is 0.234 e. The largest absolute Gasteiger partial charge is 0.348 e. The van der Waals surface area contributed by atoms with Crippen molar-refractivity contribution >= 4 is 5.91 Å². The Kier molecular flexibility index (Phi) is 3.29. The Labute approximate surface area is 87.4 Å². The summed E-state index contributed by atoms with van der Waals surface area (Å²) in [5.41, 5.74) is 0. The van der Waals surface area contributed by atoms with Crippen LogP contribution in [0.1, 0.15) is 18.7 Å². The summed E-state index contributed by atoms with van der Waals surface area (Å²) in [5, 5.41) is 9.38. The molecular weight excluding hydrogens is 196 g/mol. The van der Waals surface area contributed by atoms with Crippen LogP contribution in [0.3, 0.4) is 0 Å². The molecule has 0 bridgehead atoms. The Morgan fingerprint density at radius 3 is 3.13 bits per heavy atom. The van der Waals surface area contributed by atoms with Crippen LogP contribution in [0.5, 0.6) is 0 Å². The van der Waals surface area contributed by atoms with Crippen molar-refractivity contribution in [3.8, 4) is 0 Å². The molecule has 6 nitrogen and oxygen atoms in total. The fourth-order valence-electron chi connectivity index (χ4n) is 1.22. The van der Waals surface area contributed by atoms with Crippen LogP contribution >= 0.6 is 0 Å². The second-order valence-electron chi connectivity index (χ2n) is 3.70. The van der Waals surface area contributed by atoms with Gasteiger partial charge in [-0.05, 0) is 25.3 Å². The van der Waals surface area contributed by atoms with Gasteiger partial charge in [-0.1, -0.05) is 5.16 Å². The maximum absolute atomic E-state index is 11.3. The number of rotatable bonds is 6. The Hall–Kier alpha value is -1.43. The minimum absolute atomic E-state index is 0.0412. The summed E-state index contributed by atoms with van der Waals surface area (Å²) >= 11 is 0. The van der Waals surface area contributed by atoms with Crippen LogP contribution in [-0.2, 0) is 11.3 Å². The van der Waals surface area contributed by atoms with E-state index in [1.807, 2.05) is 0 Å². The second kappa shape index (κ2) is 4.88. The molecule has 1 aliphatic carbocycles. The molecule has 0 radical (unpaired) electrons. The molecule has 0 unspecified atom stereocenters. The monoisotopic (exact) mass is 210 g/mol. The summed E-state index contributed by atoms with van der Waals surface area (Å²) in [7, 11) is 0. The fourth-order valence-corrected chi connectivity index (χ4v) is 1.22. The quantitative estimate of drug-likeness (QED) is 0.673. The summed E-state index contributed by atoms with van der Waals surface area (Å²) in [6.07, 6.45) is 3.82. The van der Waals surface area contributed by atoms with Gasteiger partial charge in [0, 0.05) is 0 Å². The van der Waals surface area contributed by atoms with Gasteiger partial charge in [-0.2, -0.15) is 4.98 Å². The third-order valence-electron chi connectivity index (χ3n) is 2.27. The van der Waals surface area contributed by atoms with Gasteiger partial charge in [0.05, 0.1) is 13.1 Å². The lowest BCUT2D eigenvalue weighted by atomic mass is 10.4. The zero-order valence-corrected chi connectivity index (χ0v) is 8.40. The first kappa shape index (κ1) is 10.1. The van der Waals surface area contributed by atoms with E-state index in [1.165, 1.54) is 19.2 Å². The lowest BCUT2D eigenvalue weighted by Crippen LogP contribution is -2.34. The molecular formula is C9H14N4O2. The highest BCUT2D eigenvalue weighted by Crippen LogP contribution is 2.27. The molecule has 82 valence electrons. The van der Waals surface area contributed by atoms with Crippen molar-refractivity contribution in [1.29, 1.82) is 0 Å². The standard InChI is InChI=1S/C9H14N4O2/c14-9(5-10-3-7-1-2-7)11-4-8-12-6-15-13-8/h6-7,10H,1-5H2,(H,11,14). The zero-order valence-electron chi connectivity index (χ0n) is 8.40. The van der Waals surface area contributed by atoms with Gasteiger partial charge in [0.15, 0.2) is 5.82 Å². The van der Waals surface area contributed by atoms with E-state index in [9.17, 15) is 4.79 Å². The Balaban J connectivity index is 1.55. The van der Waals surface area contributed by atoms with Gasteiger partial charge in [0.25, 0.3) is 0 Å². The predicted molar refractivity (Wildman–Crippen MR) is 51.7 cm³/mol. The highest BCUT2D eigenvalue weighted by atomic mass is 16.5. The van der Waals surface area contributed by atoms with Gasteiger partial charge in [-0.25, -0.2) is 0 Å². The van der Waals surface area contributed by atoms with Crippen LogP contribution in [0.25, 0.3) is 0 Å². The van der Waals surface area contributed by atoms with Crippen molar-refractivity contribution in [3.05, 3.63) is 12.2 Å². The van der Waals surface area contributed by atoms with Crippen LogP contribution in [0, 0.1) is 5.92 Å². The number of amides is 1. The van der Waals surface area contributed by atoms with Crippen LogP contribution in [0.2, 0.25) is 0 Å². The van der Waals surface area contributed by atoms with Gasteiger partial charge in [0.1, 0.15) is 0 Å². The molecule has 1 aromatic heterocycles. The molecule has 0 saturated heterocycles. The van der Waals surface area contributed by atoms with E-state index in [-0.39, 0.29) is 5.91 Å². The molecule has 1 saturated carbocycles. The fraction of sp³-hybridized carbons (Fsp3) is 0.667. The molecule has 2 rings (SSSR count). The molecule has 15 heavy (non-hydrogen) atoms. The van der Waals surface area contributed by atoms with E-state index in [0.717, 1.165) is 12.5 Å². The van der Waals surface area contributed by atoms with Crippen molar-refractivity contribution in [1.82, 2.24) is 20.8 Å². The van der Waals surface area contributed by atoms with Crippen LogP contribution in [0.15, 0.2) is 10.9 Å². The van der Waals surface area contributed by atoms with E-state index in [4.69, 9.17) is 0 Å². The minimum atomic E-state index is -0.0412. The first-order valence-corrected chi connectivity index (χ1v) is 5.07. The molecule has 0 aromatic carbocycles. The summed E-state index contributed by atoms with van der Waals surface area (Å²) in [4.78, 5) is 15.1. The summed E-state index contributed by atoms with van der Waals surface area (Å²) in [6.45, 7) is 1.62. The Morgan fingerprint density at radius 1 is 1.60 bits per heavy atom. The molecule has 1 amide bonds. The van der Waals surface area contributed by atoms with Crippen LogP contribution < -0.4 is 10.6 Å². The number of hydrogen-bond acceptors (Lipinski definition) is 5. The number of aromatic nitrogens is 2. The molecule has 1 aliphatic rings. The Morgan fingerprint density at radius 2 is 2.47 bits per heavy atom. The summed E-state index contributed by atoms with van der Waals surface area (Å²) in [6, 6.07) is 0. The van der Waals surface area contributed by atoms with E-state index >= 15 is 0 Å². The van der Waals surface area contributed by atoms with Crippen LogP contribution in [0.4, 0.5) is 0 Å². The first-order valence-electron chi connectivity index (χ1n) is 5.07.